The SMILES string of the molecule is CC(C)(C)COC(=O)c1ccc(C(=O)O)cc1.OCCO. The van der Waals surface area contributed by atoms with Crippen LogP contribution in [0.3, 0.4) is 0 Å². The number of hydrogen-bond donors (Lipinski definition) is 3. The molecule has 0 saturated heterocycles. The van der Waals surface area contributed by atoms with Crippen molar-refractivity contribution in [3.63, 3.8) is 0 Å². The van der Waals surface area contributed by atoms with Gasteiger partial charge in [0.05, 0.1) is 30.9 Å². The van der Waals surface area contributed by atoms with Gasteiger partial charge >= 0.3 is 11.9 Å². The van der Waals surface area contributed by atoms with E-state index in [1.165, 1.54) is 24.3 Å². The number of carbonyl (C=O) groups excluding carboxylic acids is 1. The minimum absolute atomic E-state index is 0.0866. The molecule has 0 aliphatic heterocycles. The van der Waals surface area contributed by atoms with Gasteiger partial charge in [-0.2, -0.15) is 0 Å². The van der Waals surface area contributed by atoms with Crippen molar-refractivity contribution < 1.29 is 29.6 Å². The number of hydrogen-bond acceptors (Lipinski definition) is 5. The van der Waals surface area contributed by atoms with Crippen molar-refractivity contribution >= 4 is 11.9 Å². The van der Waals surface area contributed by atoms with Crippen LogP contribution in [0, 0.1) is 5.41 Å². The standard InChI is InChI=1S/C13H16O4.C2H6O2/c1-13(2,3)8-17-12(16)10-6-4-9(5-7-10)11(14)15;3-1-2-4/h4-7H,8H2,1-3H3,(H,14,15);3-4H,1-2H2. The Balaban J connectivity index is 0.000000885. The Kier molecular flexibility index (Phi) is 8.26. The number of rotatable bonds is 4. The fourth-order valence-electron chi connectivity index (χ4n) is 1.11. The van der Waals surface area contributed by atoms with Crippen LogP contribution in [0.25, 0.3) is 0 Å². The Morgan fingerprint density at radius 1 is 1.00 bits per heavy atom. The first-order chi connectivity index (χ1) is 9.71. The molecule has 0 heterocycles. The van der Waals surface area contributed by atoms with Gasteiger partial charge in [0.25, 0.3) is 0 Å². The molecule has 6 heteroatoms. The zero-order chi connectivity index (χ0) is 16.5. The summed E-state index contributed by atoms with van der Waals surface area (Å²) in [5.41, 5.74) is 0.424. The first-order valence-electron chi connectivity index (χ1n) is 6.43. The molecule has 0 saturated carbocycles. The van der Waals surface area contributed by atoms with Crippen LogP contribution in [0.15, 0.2) is 24.3 Å². The van der Waals surface area contributed by atoms with E-state index in [2.05, 4.69) is 0 Å². The molecule has 0 fully saturated rings. The number of carboxylic acids is 1. The highest BCUT2D eigenvalue weighted by Crippen LogP contribution is 2.14. The maximum absolute atomic E-state index is 11.6. The van der Waals surface area contributed by atoms with Crippen LogP contribution in [0.4, 0.5) is 0 Å². The summed E-state index contributed by atoms with van der Waals surface area (Å²) in [5, 5.41) is 24.0. The van der Waals surface area contributed by atoms with Crippen LogP contribution in [-0.4, -0.2) is 47.1 Å². The highest BCUT2D eigenvalue weighted by atomic mass is 16.5. The smallest absolute Gasteiger partial charge is 0.338 e. The summed E-state index contributed by atoms with van der Waals surface area (Å²) in [5.74, 6) is -1.45. The zero-order valence-corrected chi connectivity index (χ0v) is 12.5. The van der Waals surface area contributed by atoms with Gasteiger partial charge in [-0.25, -0.2) is 9.59 Å². The second kappa shape index (κ2) is 9.10. The highest BCUT2D eigenvalue weighted by Gasteiger charge is 2.15. The Morgan fingerprint density at radius 2 is 1.43 bits per heavy atom. The molecule has 21 heavy (non-hydrogen) atoms. The lowest BCUT2D eigenvalue weighted by Crippen LogP contribution is -2.18. The minimum Gasteiger partial charge on any atom is -0.478 e. The topological polar surface area (TPSA) is 104 Å². The number of carbonyl (C=O) groups is 2. The molecule has 0 radical (unpaired) electrons. The maximum atomic E-state index is 11.6. The van der Waals surface area contributed by atoms with Crippen molar-refractivity contribution in [3.8, 4) is 0 Å². The van der Waals surface area contributed by atoms with E-state index in [1.54, 1.807) is 0 Å². The average molecular weight is 298 g/mol. The van der Waals surface area contributed by atoms with Gasteiger partial charge in [0.2, 0.25) is 0 Å². The van der Waals surface area contributed by atoms with Crippen molar-refractivity contribution in [1.29, 1.82) is 0 Å². The third-order valence-electron chi connectivity index (χ3n) is 2.10. The molecule has 1 aromatic rings. The molecule has 0 aliphatic carbocycles. The molecule has 0 bridgehead atoms. The quantitative estimate of drug-likeness (QED) is 0.729. The van der Waals surface area contributed by atoms with Crippen LogP contribution < -0.4 is 0 Å². The molecule has 118 valence electrons. The average Bonchev–Trinajstić information content (AvgIpc) is 2.44. The van der Waals surface area contributed by atoms with Crippen LogP contribution >= 0.6 is 0 Å². The van der Waals surface area contributed by atoms with Crippen LogP contribution in [0.1, 0.15) is 41.5 Å². The van der Waals surface area contributed by atoms with Gasteiger partial charge in [-0.15, -0.1) is 0 Å². The number of carboxylic acid groups (broad SMARTS) is 1. The van der Waals surface area contributed by atoms with Crippen molar-refractivity contribution in [1.82, 2.24) is 0 Å². The van der Waals surface area contributed by atoms with Gasteiger partial charge in [-0.3, -0.25) is 0 Å². The zero-order valence-electron chi connectivity index (χ0n) is 12.5. The number of aliphatic hydroxyl groups excluding tert-OH is 2. The Labute approximate surface area is 124 Å². The second-order valence-electron chi connectivity index (χ2n) is 5.47. The monoisotopic (exact) mass is 298 g/mol. The molecular weight excluding hydrogens is 276 g/mol. The number of benzene rings is 1. The Morgan fingerprint density at radius 3 is 1.76 bits per heavy atom. The Hall–Kier alpha value is -1.92. The number of aromatic carboxylic acids is 1. The summed E-state index contributed by atoms with van der Waals surface area (Å²) >= 11 is 0. The van der Waals surface area contributed by atoms with Crippen molar-refractivity contribution in [2.75, 3.05) is 19.8 Å². The molecular formula is C15H22O6. The molecule has 3 N–H and O–H groups in total. The molecule has 1 rings (SSSR count). The summed E-state index contributed by atoms with van der Waals surface area (Å²) in [6, 6.07) is 5.68. The first-order valence-corrected chi connectivity index (χ1v) is 6.43. The second-order valence-corrected chi connectivity index (χ2v) is 5.47. The summed E-state index contributed by atoms with van der Waals surface area (Å²) in [6.45, 7) is 5.97. The predicted molar refractivity (Wildman–Crippen MR) is 77.3 cm³/mol. The molecule has 0 amide bonds. The van der Waals surface area contributed by atoms with Gasteiger partial charge in [0.1, 0.15) is 0 Å². The number of ether oxygens (including phenoxy) is 1. The molecule has 0 unspecified atom stereocenters. The largest absolute Gasteiger partial charge is 0.478 e. The fraction of sp³-hybridized carbons (Fsp3) is 0.467. The van der Waals surface area contributed by atoms with E-state index >= 15 is 0 Å². The van der Waals surface area contributed by atoms with Gasteiger partial charge in [-0.05, 0) is 29.7 Å². The summed E-state index contributed by atoms with van der Waals surface area (Å²) in [7, 11) is 0. The molecule has 0 aliphatic rings. The van der Waals surface area contributed by atoms with Crippen LogP contribution in [0.5, 0.6) is 0 Å². The first kappa shape index (κ1) is 19.1. The van der Waals surface area contributed by atoms with Crippen molar-refractivity contribution in [2.24, 2.45) is 5.41 Å². The van der Waals surface area contributed by atoms with Gasteiger partial charge in [0, 0.05) is 0 Å². The lowest BCUT2D eigenvalue weighted by molar-refractivity contribution is 0.0366. The lowest BCUT2D eigenvalue weighted by Gasteiger charge is -2.17. The van der Waals surface area contributed by atoms with Crippen molar-refractivity contribution in [3.05, 3.63) is 35.4 Å². The van der Waals surface area contributed by atoms with Gasteiger partial charge in [-0.1, -0.05) is 20.8 Å². The third kappa shape index (κ3) is 8.78. The Bertz CT molecular complexity index is 442. The van der Waals surface area contributed by atoms with E-state index in [9.17, 15) is 9.59 Å². The third-order valence-corrected chi connectivity index (χ3v) is 2.10. The van der Waals surface area contributed by atoms with E-state index in [0.717, 1.165) is 0 Å². The van der Waals surface area contributed by atoms with Gasteiger partial charge in [0.15, 0.2) is 0 Å². The minimum atomic E-state index is -1.01. The molecule has 0 spiro atoms. The van der Waals surface area contributed by atoms with Gasteiger partial charge < -0.3 is 20.1 Å². The van der Waals surface area contributed by atoms with E-state index in [1.807, 2.05) is 20.8 Å². The van der Waals surface area contributed by atoms with E-state index in [0.29, 0.717) is 12.2 Å². The van der Waals surface area contributed by atoms with Crippen LogP contribution in [0.2, 0.25) is 0 Å². The van der Waals surface area contributed by atoms with E-state index in [4.69, 9.17) is 20.1 Å². The maximum Gasteiger partial charge on any atom is 0.338 e. The fourth-order valence-corrected chi connectivity index (χ4v) is 1.11. The van der Waals surface area contributed by atoms with E-state index in [-0.39, 0.29) is 24.2 Å². The van der Waals surface area contributed by atoms with Crippen LogP contribution in [-0.2, 0) is 4.74 Å². The molecule has 6 nitrogen and oxygen atoms in total. The highest BCUT2D eigenvalue weighted by molar-refractivity contribution is 5.92. The molecule has 1 aromatic carbocycles. The molecule has 0 aromatic heterocycles. The predicted octanol–water partition coefficient (Wildman–Crippen LogP) is 1.56. The summed E-state index contributed by atoms with van der Waals surface area (Å²) in [6.07, 6.45) is 0. The number of esters is 1. The van der Waals surface area contributed by atoms with E-state index < -0.39 is 11.9 Å². The normalized spacial score (nSPS) is 10.3. The van der Waals surface area contributed by atoms with Crippen molar-refractivity contribution in [2.45, 2.75) is 20.8 Å². The number of aliphatic hydroxyl groups is 2. The molecule has 0 atom stereocenters. The summed E-state index contributed by atoms with van der Waals surface area (Å²) < 4.78 is 5.11. The lowest BCUT2D eigenvalue weighted by atomic mass is 9.99. The summed E-state index contributed by atoms with van der Waals surface area (Å²) in [4.78, 5) is 22.2.